The fourth-order valence-electron chi connectivity index (χ4n) is 2.99. The Morgan fingerprint density at radius 1 is 1.15 bits per heavy atom. The number of aliphatic hydroxyl groups is 1. The molecule has 0 spiro atoms. The van der Waals surface area contributed by atoms with Gasteiger partial charge in [-0.15, -0.1) is 0 Å². The van der Waals surface area contributed by atoms with Gasteiger partial charge >= 0.3 is 0 Å². The van der Waals surface area contributed by atoms with Crippen molar-refractivity contribution in [2.45, 2.75) is 25.4 Å². The highest BCUT2D eigenvalue weighted by molar-refractivity contribution is 7.89. The number of piperazine rings is 1. The predicted molar refractivity (Wildman–Crippen MR) is 79.2 cm³/mol. The molecular weight excluding hydrogens is 278 g/mol. The molecule has 0 aromatic rings. The Morgan fingerprint density at radius 2 is 1.80 bits per heavy atom. The first-order valence-corrected chi connectivity index (χ1v) is 9.07. The summed E-state index contributed by atoms with van der Waals surface area (Å²) in [7, 11) is -1.09. The fourth-order valence-corrected chi connectivity index (χ4v) is 4.58. The van der Waals surface area contributed by atoms with Gasteiger partial charge in [-0.1, -0.05) is 6.92 Å². The van der Waals surface area contributed by atoms with Crippen molar-refractivity contribution in [3.8, 4) is 0 Å². The molecule has 7 heteroatoms. The summed E-state index contributed by atoms with van der Waals surface area (Å²) in [5.74, 6) is 0.178. The zero-order chi connectivity index (χ0) is 14.8. The molecule has 0 saturated carbocycles. The van der Waals surface area contributed by atoms with Crippen molar-refractivity contribution in [3.05, 3.63) is 0 Å². The van der Waals surface area contributed by atoms with E-state index in [-0.39, 0.29) is 12.3 Å². The van der Waals surface area contributed by atoms with E-state index in [0.29, 0.717) is 25.9 Å². The van der Waals surface area contributed by atoms with Gasteiger partial charge in [0.25, 0.3) is 0 Å². The van der Waals surface area contributed by atoms with Crippen molar-refractivity contribution in [2.75, 3.05) is 58.6 Å². The molecule has 118 valence electrons. The van der Waals surface area contributed by atoms with E-state index < -0.39 is 15.6 Å². The van der Waals surface area contributed by atoms with E-state index in [0.717, 1.165) is 26.2 Å². The summed E-state index contributed by atoms with van der Waals surface area (Å²) in [4.78, 5) is 4.52. The van der Waals surface area contributed by atoms with E-state index in [9.17, 15) is 13.5 Å². The summed E-state index contributed by atoms with van der Waals surface area (Å²) >= 11 is 0. The average molecular weight is 305 g/mol. The SMILES string of the molecule is CCCS(=O)(=O)N1CC[C@@](O)(CN2CCN(C)CC2)C1. The lowest BCUT2D eigenvalue weighted by molar-refractivity contribution is 0.00425. The van der Waals surface area contributed by atoms with Gasteiger partial charge in [0.2, 0.25) is 10.0 Å². The van der Waals surface area contributed by atoms with Crippen molar-refractivity contribution in [1.29, 1.82) is 0 Å². The Labute approximate surface area is 122 Å². The molecule has 20 heavy (non-hydrogen) atoms. The highest BCUT2D eigenvalue weighted by Crippen LogP contribution is 2.25. The van der Waals surface area contributed by atoms with Crippen LogP contribution in [-0.4, -0.2) is 91.8 Å². The molecule has 0 aliphatic carbocycles. The summed E-state index contributed by atoms with van der Waals surface area (Å²) in [6.07, 6.45) is 1.16. The molecular formula is C13H27N3O3S. The van der Waals surface area contributed by atoms with Crippen LogP contribution in [0.3, 0.4) is 0 Å². The highest BCUT2D eigenvalue weighted by Gasteiger charge is 2.41. The van der Waals surface area contributed by atoms with E-state index in [1.165, 1.54) is 4.31 Å². The predicted octanol–water partition coefficient (Wildman–Crippen LogP) is -0.590. The molecule has 0 unspecified atom stereocenters. The Bertz CT molecular complexity index is 421. The van der Waals surface area contributed by atoms with Gasteiger partial charge in [-0.25, -0.2) is 8.42 Å². The van der Waals surface area contributed by atoms with E-state index >= 15 is 0 Å². The number of rotatable bonds is 5. The molecule has 2 aliphatic heterocycles. The Hall–Kier alpha value is -0.210. The van der Waals surface area contributed by atoms with Crippen LogP contribution >= 0.6 is 0 Å². The van der Waals surface area contributed by atoms with Gasteiger partial charge in [0.1, 0.15) is 0 Å². The molecule has 2 heterocycles. The minimum Gasteiger partial charge on any atom is -0.387 e. The van der Waals surface area contributed by atoms with Gasteiger partial charge in [-0.3, -0.25) is 4.90 Å². The van der Waals surface area contributed by atoms with Crippen molar-refractivity contribution >= 4 is 10.0 Å². The van der Waals surface area contributed by atoms with Gasteiger partial charge in [-0.2, -0.15) is 4.31 Å². The van der Waals surface area contributed by atoms with E-state index in [2.05, 4.69) is 16.8 Å². The maximum atomic E-state index is 12.1. The lowest BCUT2D eigenvalue weighted by atomic mass is 10.0. The number of nitrogens with zero attached hydrogens (tertiary/aromatic N) is 3. The van der Waals surface area contributed by atoms with E-state index in [4.69, 9.17) is 0 Å². The summed E-state index contributed by atoms with van der Waals surface area (Å²) in [6.45, 7) is 7.06. The van der Waals surface area contributed by atoms with Crippen LogP contribution in [0.25, 0.3) is 0 Å². The monoisotopic (exact) mass is 305 g/mol. The summed E-state index contributed by atoms with van der Waals surface area (Å²) in [5.41, 5.74) is -0.878. The van der Waals surface area contributed by atoms with Crippen molar-refractivity contribution < 1.29 is 13.5 Å². The van der Waals surface area contributed by atoms with E-state index in [1.54, 1.807) is 0 Å². The molecule has 0 bridgehead atoms. The summed E-state index contributed by atoms with van der Waals surface area (Å²) in [5, 5.41) is 10.6. The van der Waals surface area contributed by atoms with Crippen LogP contribution in [0.4, 0.5) is 0 Å². The summed E-state index contributed by atoms with van der Waals surface area (Å²) in [6, 6.07) is 0. The third-order valence-electron chi connectivity index (χ3n) is 4.27. The second-order valence-electron chi connectivity index (χ2n) is 6.20. The number of hydrogen-bond donors (Lipinski definition) is 1. The van der Waals surface area contributed by atoms with Crippen LogP contribution in [0.5, 0.6) is 0 Å². The quantitative estimate of drug-likeness (QED) is 0.736. The second-order valence-corrected chi connectivity index (χ2v) is 8.29. The number of hydrogen-bond acceptors (Lipinski definition) is 5. The summed E-state index contributed by atoms with van der Waals surface area (Å²) < 4.78 is 25.6. The molecule has 0 amide bonds. The Kier molecular flexibility index (Phi) is 5.07. The first-order valence-electron chi connectivity index (χ1n) is 7.46. The van der Waals surface area contributed by atoms with Crippen LogP contribution in [0.15, 0.2) is 0 Å². The Balaban J connectivity index is 1.90. The zero-order valence-electron chi connectivity index (χ0n) is 12.6. The number of sulfonamides is 1. The normalized spacial score (nSPS) is 30.9. The molecule has 2 aliphatic rings. The maximum absolute atomic E-state index is 12.1. The molecule has 0 aromatic carbocycles. The molecule has 2 fully saturated rings. The molecule has 0 aromatic heterocycles. The van der Waals surface area contributed by atoms with Gasteiger partial charge in [0.05, 0.1) is 11.4 Å². The van der Waals surface area contributed by atoms with Crippen molar-refractivity contribution in [1.82, 2.24) is 14.1 Å². The van der Waals surface area contributed by atoms with Gasteiger partial charge in [0.15, 0.2) is 0 Å². The van der Waals surface area contributed by atoms with Crippen LogP contribution in [0, 0.1) is 0 Å². The van der Waals surface area contributed by atoms with Gasteiger partial charge in [-0.05, 0) is 19.9 Å². The third kappa shape index (κ3) is 3.92. The maximum Gasteiger partial charge on any atom is 0.214 e. The van der Waals surface area contributed by atoms with Crippen LogP contribution in [0.1, 0.15) is 19.8 Å². The topological polar surface area (TPSA) is 64.1 Å². The third-order valence-corrected chi connectivity index (χ3v) is 6.29. The van der Waals surface area contributed by atoms with Crippen molar-refractivity contribution in [3.63, 3.8) is 0 Å². The fraction of sp³-hybridized carbons (Fsp3) is 1.00. The number of β-amino-alcohol motifs (C(OH)–C–C–N with tert-alkyl or cyclic N) is 1. The largest absolute Gasteiger partial charge is 0.387 e. The minimum absolute atomic E-state index is 0.178. The minimum atomic E-state index is -3.18. The average Bonchev–Trinajstić information content (AvgIpc) is 2.76. The lowest BCUT2D eigenvalue weighted by Gasteiger charge is -2.36. The molecule has 2 saturated heterocycles. The van der Waals surface area contributed by atoms with Crippen LogP contribution in [-0.2, 0) is 10.0 Å². The molecule has 0 radical (unpaired) electrons. The number of likely N-dealkylation sites (N-methyl/N-ethyl adjacent to an activating group) is 1. The standard InChI is InChI=1S/C13H27N3O3S/c1-3-10-20(18,19)16-5-4-13(17,12-16)11-15-8-6-14(2)7-9-15/h17H,3-12H2,1-2H3/t13-/m1/s1. The van der Waals surface area contributed by atoms with Crippen LogP contribution in [0.2, 0.25) is 0 Å². The first kappa shape index (κ1) is 16.2. The second kappa shape index (κ2) is 6.27. The zero-order valence-corrected chi connectivity index (χ0v) is 13.4. The molecule has 1 N–H and O–H groups in total. The smallest absolute Gasteiger partial charge is 0.214 e. The lowest BCUT2D eigenvalue weighted by Crippen LogP contribution is -2.52. The van der Waals surface area contributed by atoms with Gasteiger partial charge < -0.3 is 10.0 Å². The Morgan fingerprint density at radius 3 is 2.40 bits per heavy atom. The molecule has 1 atom stereocenters. The van der Waals surface area contributed by atoms with E-state index in [1.807, 2.05) is 6.92 Å². The van der Waals surface area contributed by atoms with Gasteiger partial charge in [0, 0.05) is 45.8 Å². The first-order chi connectivity index (χ1) is 9.35. The van der Waals surface area contributed by atoms with Crippen molar-refractivity contribution in [2.24, 2.45) is 0 Å². The van der Waals surface area contributed by atoms with Crippen LogP contribution < -0.4 is 0 Å². The highest BCUT2D eigenvalue weighted by atomic mass is 32.2. The molecule has 6 nitrogen and oxygen atoms in total. The molecule has 2 rings (SSSR count).